The van der Waals surface area contributed by atoms with E-state index in [1.165, 1.54) is 16.8 Å². The fourth-order valence-electron chi connectivity index (χ4n) is 2.21. The molecule has 0 spiro atoms. The first kappa shape index (κ1) is 13.8. The van der Waals surface area contributed by atoms with E-state index >= 15 is 0 Å². The molecule has 0 radical (unpaired) electrons. The summed E-state index contributed by atoms with van der Waals surface area (Å²) in [5.41, 5.74) is 3.76. The zero-order valence-corrected chi connectivity index (χ0v) is 12.1. The van der Waals surface area contributed by atoms with Gasteiger partial charge in [0.1, 0.15) is 0 Å². The Morgan fingerprint density at radius 2 is 1.95 bits per heavy atom. The second-order valence-electron chi connectivity index (χ2n) is 4.87. The maximum absolute atomic E-state index is 4.59. The van der Waals surface area contributed by atoms with Gasteiger partial charge in [-0.05, 0) is 19.9 Å². The van der Waals surface area contributed by atoms with Crippen LogP contribution in [0.1, 0.15) is 38.8 Å². The highest BCUT2D eigenvalue weighted by Crippen LogP contribution is 2.27. The van der Waals surface area contributed by atoms with Gasteiger partial charge in [-0.25, -0.2) is 0 Å². The van der Waals surface area contributed by atoms with Gasteiger partial charge in [0.05, 0.1) is 11.9 Å². The van der Waals surface area contributed by atoms with Crippen LogP contribution in [0.5, 0.6) is 0 Å². The Morgan fingerprint density at radius 1 is 1.21 bits per heavy atom. The highest BCUT2D eigenvalue weighted by molar-refractivity contribution is 5.63. The molecule has 1 aromatic heterocycles. The minimum Gasteiger partial charge on any atom is -0.313 e. The van der Waals surface area contributed by atoms with E-state index in [2.05, 4.69) is 66.2 Å². The summed E-state index contributed by atoms with van der Waals surface area (Å²) in [6, 6.07) is 11.0. The van der Waals surface area contributed by atoms with Crippen molar-refractivity contribution in [3.63, 3.8) is 0 Å². The summed E-state index contributed by atoms with van der Waals surface area (Å²) >= 11 is 0. The Kier molecular flexibility index (Phi) is 4.74. The van der Waals surface area contributed by atoms with Crippen LogP contribution in [-0.4, -0.2) is 16.3 Å². The van der Waals surface area contributed by atoms with E-state index in [0.29, 0.717) is 6.04 Å². The molecule has 0 fully saturated rings. The van der Waals surface area contributed by atoms with E-state index < -0.39 is 0 Å². The van der Waals surface area contributed by atoms with Gasteiger partial charge in [0, 0.05) is 23.7 Å². The standard InChI is InChI=1S/C16H23N3/c1-4-13(3)19-16(14-9-7-6-8-10-14)15(12-18-19)11-17-5-2/h6-10,12-13,17H,4-5,11H2,1-3H3. The first-order chi connectivity index (χ1) is 9.27. The highest BCUT2D eigenvalue weighted by Gasteiger charge is 2.15. The molecule has 0 amide bonds. The van der Waals surface area contributed by atoms with Gasteiger partial charge in [-0.15, -0.1) is 0 Å². The van der Waals surface area contributed by atoms with Crippen molar-refractivity contribution in [1.82, 2.24) is 15.1 Å². The molecule has 0 aliphatic heterocycles. The van der Waals surface area contributed by atoms with Gasteiger partial charge < -0.3 is 5.32 Å². The highest BCUT2D eigenvalue weighted by atomic mass is 15.3. The largest absolute Gasteiger partial charge is 0.313 e. The van der Waals surface area contributed by atoms with Gasteiger partial charge in [-0.2, -0.15) is 5.10 Å². The number of rotatable bonds is 6. The lowest BCUT2D eigenvalue weighted by Crippen LogP contribution is -2.13. The SMILES string of the molecule is CCNCc1cnn(C(C)CC)c1-c1ccccc1. The van der Waals surface area contributed by atoms with E-state index in [1.807, 2.05) is 6.20 Å². The molecular weight excluding hydrogens is 234 g/mol. The molecule has 1 aromatic carbocycles. The quantitative estimate of drug-likeness (QED) is 0.856. The lowest BCUT2D eigenvalue weighted by Gasteiger charge is -2.15. The Bertz CT molecular complexity index is 502. The molecule has 0 saturated heterocycles. The number of hydrogen-bond acceptors (Lipinski definition) is 2. The van der Waals surface area contributed by atoms with Crippen molar-refractivity contribution in [2.45, 2.75) is 39.8 Å². The van der Waals surface area contributed by atoms with Crippen molar-refractivity contribution in [2.24, 2.45) is 0 Å². The second-order valence-corrected chi connectivity index (χ2v) is 4.87. The third kappa shape index (κ3) is 3.04. The van der Waals surface area contributed by atoms with Crippen molar-refractivity contribution in [3.8, 4) is 11.3 Å². The molecule has 0 aliphatic carbocycles. The molecule has 1 N–H and O–H groups in total. The number of hydrogen-bond donors (Lipinski definition) is 1. The van der Waals surface area contributed by atoms with Gasteiger partial charge in [-0.1, -0.05) is 44.2 Å². The van der Waals surface area contributed by atoms with Gasteiger partial charge in [0.15, 0.2) is 0 Å². The van der Waals surface area contributed by atoms with Crippen molar-refractivity contribution < 1.29 is 0 Å². The van der Waals surface area contributed by atoms with Crippen LogP contribution in [-0.2, 0) is 6.54 Å². The summed E-state index contributed by atoms with van der Waals surface area (Å²) in [5.74, 6) is 0. The molecule has 3 nitrogen and oxygen atoms in total. The van der Waals surface area contributed by atoms with Crippen molar-refractivity contribution in [3.05, 3.63) is 42.1 Å². The summed E-state index contributed by atoms with van der Waals surface area (Å²) in [6.45, 7) is 8.39. The van der Waals surface area contributed by atoms with Crippen LogP contribution in [0.3, 0.4) is 0 Å². The first-order valence-electron chi connectivity index (χ1n) is 7.10. The minimum absolute atomic E-state index is 0.422. The molecule has 3 heteroatoms. The van der Waals surface area contributed by atoms with Crippen LogP contribution in [0.2, 0.25) is 0 Å². The Hall–Kier alpha value is -1.61. The average molecular weight is 257 g/mol. The van der Waals surface area contributed by atoms with Crippen molar-refractivity contribution in [2.75, 3.05) is 6.54 Å². The fourth-order valence-corrected chi connectivity index (χ4v) is 2.21. The van der Waals surface area contributed by atoms with Gasteiger partial charge in [-0.3, -0.25) is 4.68 Å². The molecule has 0 bridgehead atoms. The fraction of sp³-hybridized carbons (Fsp3) is 0.438. The molecule has 102 valence electrons. The molecule has 0 saturated carbocycles. The Morgan fingerprint density at radius 3 is 2.58 bits per heavy atom. The lowest BCUT2D eigenvalue weighted by atomic mass is 10.1. The van der Waals surface area contributed by atoms with Crippen LogP contribution in [0.15, 0.2) is 36.5 Å². The summed E-state index contributed by atoms with van der Waals surface area (Å²) in [6.07, 6.45) is 3.08. The summed E-state index contributed by atoms with van der Waals surface area (Å²) in [7, 11) is 0. The lowest BCUT2D eigenvalue weighted by molar-refractivity contribution is 0.482. The van der Waals surface area contributed by atoms with Crippen LogP contribution in [0.4, 0.5) is 0 Å². The molecule has 1 atom stereocenters. The summed E-state index contributed by atoms with van der Waals surface area (Å²) in [4.78, 5) is 0. The molecule has 0 aliphatic rings. The van der Waals surface area contributed by atoms with E-state index in [-0.39, 0.29) is 0 Å². The number of aromatic nitrogens is 2. The smallest absolute Gasteiger partial charge is 0.0730 e. The first-order valence-corrected chi connectivity index (χ1v) is 7.10. The van der Waals surface area contributed by atoms with Crippen LogP contribution >= 0.6 is 0 Å². The van der Waals surface area contributed by atoms with Gasteiger partial charge in [0.25, 0.3) is 0 Å². The van der Waals surface area contributed by atoms with E-state index in [4.69, 9.17) is 0 Å². The number of nitrogens with one attached hydrogen (secondary N) is 1. The molecule has 2 aromatic rings. The molecule has 1 unspecified atom stereocenters. The third-order valence-electron chi connectivity index (χ3n) is 3.49. The maximum Gasteiger partial charge on any atom is 0.0730 e. The van der Waals surface area contributed by atoms with Crippen molar-refractivity contribution in [1.29, 1.82) is 0 Å². The third-order valence-corrected chi connectivity index (χ3v) is 3.49. The second kappa shape index (κ2) is 6.53. The van der Waals surface area contributed by atoms with Gasteiger partial charge >= 0.3 is 0 Å². The zero-order chi connectivity index (χ0) is 13.7. The zero-order valence-electron chi connectivity index (χ0n) is 12.1. The Balaban J connectivity index is 2.43. The Labute approximate surface area is 115 Å². The van der Waals surface area contributed by atoms with E-state index in [0.717, 1.165) is 19.5 Å². The predicted octanol–water partition coefficient (Wildman–Crippen LogP) is 3.63. The van der Waals surface area contributed by atoms with Gasteiger partial charge in [0.2, 0.25) is 0 Å². The van der Waals surface area contributed by atoms with Crippen LogP contribution in [0, 0.1) is 0 Å². The normalized spacial score (nSPS) is 12.6. The maximum atomic E-state index is 4.59. The molecule has 1 heterocycles. The number of benzene rings is 1. The van der Waals surface area contributed by atoms with Crippen LogP contribution in [0.25, 0.3) is 11.3 Å². The summed E-state index contributed by atoms with van der Waals surface area (Å²) < 4.78 is 2.15. The topological polar surface area (TPSA) is 29.9 Å². The minimum atomic E-state index is 0.422. The molecule has 19 heavy (non-hydrogen) atoms. The molecular formula is C16H23N3. The van der Waals surface area contributed by atoms with Crippen molar-refractivity contribution >= 4 is 0 Å². The van der Waals surface area contributed by atoms with E-state index in [9.17, 15) is 0 Å². The number of nitrogens with zero attached hydrogens (tertiary/aromatic N) is 2. The average Bonchev–Trinajstić information content (AvgIpc) is 2.89. The molecule has 2 rings (SSSR count). The monoisotopic (exact) mass is 257 g/mol. The summed E-state index contributed by atoms with van der Waals surface area (Å²) in [5, 5.41) is 7.98. The van der Waals surface area contributed by atoms with Crippen LogP contribution < -0.4 is 5.32 Å². The van der Waals surface area contributed by atoms with E-state index in [1.54, 1.807) is 0 Å². The predicted molar refractivity (Wildman–Crippen MR) is 80.0 cm³/mol.